The summed E-state index contributed by atoms with van der Waals surface area (Å²) in [5.41, 5.74) is 1.92. The van der Waals surface area contributed by atoms with E-state index in [-0.39, 0.29) is 81.3 Å². The van der Waals surface area contributed by atoms with Crippen LogP contribution in [-0.2, 0) is 36.7 Å². The van der Waals surface area contributed by atoms with E-state index in [1.165, 1.54) is 19.1 Å². The summed E-state index contributed by atoms with van der Waals surface area (Å²) in [6.45, 7) is 5.59. The summed E-state index contributed by atoms with van der Waals surface area (Å²) in [6, 6.07) is 20.9. The van der Waals surface area contributed by atoms with Crippen LogP contribution in [0.25, 0.3) is 0 Å². The third-order valence-electron chi connectivity index (χ3n) is 6.74. The molecule has 4 aromatic carbocycles. The van der Waals surface area contributed by atoms with Gasteiger partial charge < -0.3 is 22.8 Å². The van der Waals surface area contributed by atoms with Crippen molar-refractivity contribution in [2.45, 2.75) is 40.9 Å². The number of hydrogen-bond acceptors (Lipinski definition) is 10. The summed E-state index contributed by atoms with van der Waals surface area (Å²) in [7, 11) is -7.98. The summed E-state index contributed by atoms with van der Waals surface area (Å²) in [5.74, 6) is 0.368. The van der Waals surface area contributed by atoms with Gasteiger partial charge >= 0.3 is 59.1 Å². The van der Waals surface area contributed by atoms with Crippen LogP contribution in [0, 0.1) is 6.92 Å². The molecule has 222 valence electrons. The van der Waals surface area contributed by atoms with Gasteiger partial charge in [-0.1, -0.05) is 44.2 Å². The second kappa shape index (κ2) is 15.2. The molecule has 0 spiro atoms. The minimum absolute atomic E-state index is 0. The molecular formula is C29H26Na2O10S3. The van der Waals surface area contributed by atoms with E-state index in [1.807, 2.05) is 38.1 Å². The predicted molar refractivity (Wildman–Crippen MR) is 152 cm³/mol. The number of hydrogen-bond donors (Lipinski definition) is 0. The Labute approximate surface area is 303 Å². The maximum absolute atomic E-state index is 13.3. The Bertz CT molecular complexity index is 1860. The topological polar surface area (TPSA) is 159 Å². The fourth-order valence-corrected chi connectivity index (χ4v) is 6.55. The van der Waals surface area contributed by atoms with Crippen molar-refractivity contribution in [3.8, 4) is 23.0 Å². The average Bonchev–Trinajstić information content (AvgIpc) is 2.93. The summed E-state index contributed by atoms with van der Waals surface area (Å²) in [5, 5.41) is 0. The Morgan fingerprint density at radius 3 is 1.73 bits per heavy atom. The molecule has 15 heteroatoms. The standard InChI is InChI=1S/C29H28O10S3.2Na/c1-19-5-14-24(17-27(19)39-40(30)31)41(32,33)25-15-16-26(28(18-25)42(34,35)36)38-23-12-8-21(9-13-23)29(2,3)20-6-10-22(37-4)11-7-20;;/h5-18H,1-4H3,(H,30,31)(H,34,35,36);;/q;2*+1/p-2. The first-order valence-corrected chi connectivity index (χ1v) is 16.2. The Kier molecular flexibility index (Phi) is 13.3. The Morgan fingerprint density at radius 2 is 1.23 bits per heavy atom. The summed E-state index contributed by atoms with van der Waals surface area (Å²) < 4.78 is 100. The first-order chi connectivity index (χ1) is 19.6. The molecule has 1 atom stereocenters. The number of methoxy groups -OCH3 is 1. The summed E-state index contributed by atoms with van der Waals surface area (Å²) >= 11 is -2.95. The van der Waals surface area contributed by atoms with Gasteiger partial charge in [-0.3, -0.25) is 0 Å². The van der Waals surface area contributed by atoms with Gasteiger partial charge in [0.05, 0.1) is 21.8 Å². The average molecular weight is 677 g/mol. The van der Waals surface area contributed by atoms with Crippen molar-refractivity contribution in [3.05, 3.63) is 102 Å². The van der Waals surface area contributed by atoms with Crippen LogP contribution in [0.1, 0.15) is 30.5 Å². The molecule has 4 aromatic rings. The van der Waals surface area contributed by atoms with Gasteiger partial charge in [-0.05, 0) is 72.1 Å². The molecule has 0 aliphatic carbocycles. The van der Waals surface area contributed by atoms with Gasteiger partial charge in [-0.15, -0.1) is 0 Å². The Morgan fingerprint density at radius 1 is 0.727 bits per heavy atom. The molecule has 10 nitrogen and oxygen atoms in total. The molecule has 0 N–H and O–H groups in total. The van der Waals surface area contributed by atoms with E-state index in [0.717, 1.165) is 35.1 Å². The molecule has 0 heterocycles. The second-order valence-electron chi connectivity index (χ2n) is 9.76. The van der Waals surface area contributed by atoms with Crippen molar-refractivity contribution in [3.63, 3.8) is 0 Å². The quantitative estimate of drug-likeness (QED) is 0.116. The van der Waals surface area contributed by atoms with E-state index in [1.54, 1.807) is 31.4 Å². The minimum Gasteiger partial charge on any atom is -0.744 e. The first kappa shape index (κ1) is 38.4. The minimum atomic E-state index is -5.18. The summed E-state index contributed by atoms with van der Waals surface area (Å²) in [4.78, 5) is -1.76. The zero-order valence-electron chi connectivity index (χ0n) is 24.9. The number of ether oxygens (including phenoxy) is 2. The van der Waals surface area contributed by atoms with Crippen molar-refractivity contribution in [2.24, 2.45) is 0 Å². The largest absolute Gasteiger partial charge is 1.00 e. The van der Waals surface area contributed by atoms with Gasteiger partial charge in [0.1, 0.15) is 44.5 Å². The zero-order valence-corrected chi connectivity index (χ0v) is 31.3. The van der Waals surface area contributed by atoms with Crippen LogP contribution in [0.4, 0.5) is 0 Å². The maximum Gasteiger partial charge on any atom is 1.00 e. The molecule has 0 radical (unpaired) electrons. The van der Waals surface area contributed by atoms with Crippen LogP contribution >= 0.6 is 0 Å². The zero-order chi connectivity index (χ0) is 30.9. The van der Waals surface area contributed by atoms with Crippen molar-refractivity contribution in [1.82, 2.24) is 0 Å². The smallest absolute Gasteiger partial charge is 0.744 e. The fourth-order valence-electron chi connectivity index (χ4n) is 4.22. The van der Waals surface area contributed by atoms with Gasteiger partial charge in [0.15, 0.2) is 0 Å². The van der Waals surface area contributed by atoms with Gasteiger partial charge in [0, 0.05) is 11.5 Å². The molecule has 0 fully saturated rings. The van der Waals surface area contributed by atoms with Crippen LogP contribution in [-0.4, -0.2) is 37.3 Å². The first-order valence-electron chi connectivity index (χ1n) is 12.3. The van der Waals surface area contributed by atoms with E-state index in [2.05, 4.69) is 4.18 Å². The van der Waals surface area contributed by atoms with E-state index in [9.17, 15) is 30.1 Å². The van der Waals surface area contributed by atoms with Crippen LogP contribution in [0.5, 0.6) is 23.0 Å². The molecule has 0 aliphatic heterocycles. The van der Waals surface area contributed by atoms with E-state index < -0.39 is 46.5 Å². The maximum atomic E-state index is 13.3. The van der Waals surface area contributed by atoms with Crippen LogP contribution in [0.15, 0.2) is 99.6 Å². The molecular weight excluding hydrogens is 650 g/mol. The van der Waals surface area contributed by atoms with E-state index in [0.29, 0.717) is 11.6 Å². The SMILES string of the molecule is COc1ccc(C(C)(C)c2ccc(Oc3ccc(S(=O)(=O)c4ccc(C)c(OS(=O)[O-])c4)cc3S(=O)(=O)[O-])cc2)cc1.[Na+].[Na+]. The molecule has 0 aliphatic rings. The molecule has 0 aromatic heterocycles. The predicted octanol–water partition coefficient (Wildman–Crippen LogP) is -0.960. The van der Waals surface area contributed by atoms with Crippen LogP contribution in [0.3, 0.4) is 0 Å². The molecule has 1 unspecified atom stereocenters. The molecule has 0 bridgehead atoms. The Balaban J connectivity index is 0.00000337. The molecule has 0 saturated heterocycles. The number of sulfone groups is 1. The van der Waals surface area contributed by atoms with E-state index >= 15 is 0 Å². The number of benzene rings is 4. The molecule has 0 saturated carbocycles. The van der Waals surface area contributed by atoms with Crippen molar-refractivity contribution in [2.75, 3.05) is 7.11 Å². The number of rotatable bonds is 10. The van der Waals surface area contributed by atoms with Crippen molar-refractivity contribution in [1.29, 1.82) is 0 Å². The second-order valence-corrected chi connectivity index (χ2v) is 13.6. The molecule has 4 rings (SSSR count). The van der Waals surface area contributed by atoms with Gasteiger partial charge in [-0.2, -0.15) is 0 Å². The van der Waals surface area contributed by atoms with Gasteiger partial charge in [0.2, 0.25) is 9.84 Å². The third kappa shape index (κ3) is 8.74. The van der Waals surface area contributed by atoms with Crippen LogP contribution < -0.4 is 72.8 Å². The monoisotopic (exact) mass is 676 g/mol. The van der Waals surface area contributed by atoms with Crippen LogP contribution in [0.2, 0.25) is 0 Å². The normalized spacial score (nSPS) is 12.3. The van der Waals surface area contributed by atoms with Gasteiger partial charge in [-0.25, -0.2) is 21.0 Å². The molecule has 0 amide bonds. The van der Waals surface area contributed by atoms with Gasteiger partial charge in [0.25, 0.3) is 0 Å². The summed E-state index contributed by atoms with van der Waals surface area (Å²) in [6.07, 6.45) is 0. The van der Waals surface area contributed by atoms with Crippen molar-refractivity contribution < 1.29 is 103 Å². The third-order valence-corrected chi connectivity index (χ3v) is 9.66. The fraction of sp³-hybridized carbons (Fsp3) is 0.172. The Hall–Kier alpha value is -1.75. The van der Waals surface area contributed by atoms with E-state index in [4.69, 9.17) is 9.47 Å². The number of aryl methyl sites for hydroxylation is 1. The molecule has 44 heavy (non-hydrogen) atoms. The van der Waals surface area contributed by atoms with Crippen molar-refractivity contribution >= 4 is 31.3 Å².